The fraction of sp³-hybridized carbons (Fsp3) is 0.417. The Hall–Kier alpha value is -2.11. The van der Waals surface area contributed by atoms with Gasteiger partial charge in [0.05, 0.1) is 7.11 Å². The molecular formula is C12H16N4O2. The van der Waals surface area contributed by atoms with E-state index in [4.69, 9.17) is 4.74 Å². The van der Waals surface area contributed by atoms with Crippen LogP contribution in [0.4, 0.5) is 5.82 Å². The minimum atomic E-state index is 0.0164. The number of ether oxygens (including phenoxy) is 1. The summed E-state index contributed by atoms with van der Waals surface area (Å²) in [5.74, 6) is 1.09. The molecule has 0 spiro atoms. The van der Waals surface area contributed by atoms with Crippen LogP contribution in [0.3, 0.4) is 0 Å². The predicted octanol–water partition coefficient (Wildman–Crippen LogP) is 1.50. The van der Waals surface area contributed by atoms with E-state index in [1.165, 1.54) is 0 Å². The second kappa shape index (κ2) is 5.03. The zero-order valence-corrected chi connectivity index (χ0v) is 10.8. The molecule has 0 fully saturated rings. The van der Waals surface area contributed by atoms with Crippen molar-refractivity contribution >= 4 is 17.4 Å². The lowest BCUT2D eigenvalue weighted by molar-refractivity contribution is -0.118. The van der Waals surface area contributed by atoms with Crippen LogP contribution in [-0.2, 0) is 4.79 Å². The summed E-state index contributed by atoms with van der Waals surface area (Å²) in [7, 11) is 1.56. The van der Waals surface area contributed by atoms with Crippen molar-refractivity contribution in [2.75, 3.05) is 18.6 Å². The van der Waals surface area contributed by atoms with Crippen molar-refractivity contribution in [3.63, 3.8) is 0 Å². The lowest BCUT2D eigenvalue weighted by atomic mass is 10.3. The Bertz CT molecular complexity index is 564. The topological polar surface area (TPSA) is 59.7 Å². The van der Waals surface area contributed by atoms with Crippen molar-refractivity contribution in [3.05, 3.63) is 18.5 Å². The number of hydrogen-bond donors (Lipinski definition) is 0. The average molecular weight is 248 g/mol. The molecule has 0 saturated heterocycles. The van der Waals surface area contributed by atoms with Gasteiger partial charge >= 0.3 is 0 Å². The normalized spacial score (nSPS) is 10.6. The summed E-state index contributed by atoms with van der Waals surface area (Å²) in [5.41, 5.74) is 0.690. The summed E-state index contributed by atoms with van der Waals surface area (Å²) in [6.07, 6.45) is 3.83. The summed E-state index contributed by atoms with van der Waals surface area (Å²) in [6, 6.07) is 1.77. The van der Waals surface area contributed by atoms with Gasteiger partial charge in [0.2, 0.25) is 5.91 Å². The number of methoxy groups -OCH3 is 1. The minimum absolute atomic E-state index is 0.0164. The van der Waals surface area contributed by atoms with Gasteiger partial charge in [-0.3, -0.25) is 9.69 Å². The highest BCUT2D eigenvalue weighted by Gasteiger charge is 2.19. The standard InChI is InChI=1S/C12H16N4O2/c1-4-11(17)15(5-2)12-9(18-3)8-10-13-6-7-16(10)14-12/h6-8H,4-5H2,1-3H3. The van der Waals surface area contributed by atoms with Crippen LogP contribution < -0.4 is 9.64 Å². The maximum absolute atomic E-state index is 11.9. The van der Waals surface area contributed by atoms with E-state index in [1.54, 1.807) is 35.0 Å². The van der Waals surface area contributed by atoms with Gasteiger partial charge in [0.25, 0.3) is 0 Å². The number of nitrogens with zero attached hydrogens (tertiary/aromatic N) is 4. The Balaban J connectivity index is 2.55. The molecule has 0 bridgehead atoms. The van der Waals surface area contributed by atoms with Crippen molar-refractivity contribution in [3.8, 4) is 5.75 Å². The highest BCUT2D eigenvalue weighted by molar-refractivity contribution is 5.93. The molecule has 0 aliphatic carbocycles. The largest absolute Gasteiger partial charge is 0.493 e. The van der Waals surface area contributed by atoms with Crippen molar-refractivity contribution in [1.82, 2.24) is 14.6 Å². The Morgan fingerprint density at radius 3 is 2.89 bits per heavy atom. The smallest absolute Gasteiger partial charge is 0.228 e. The van der Waals surface area contributed by atoms with Gasteiger partial charge in [-0.15, -0.1) is 5.10 Å². The third-order valence-corrected chi connectivity index (χ3v) is 2.73. The summed E-state index contributed by atoms with van der Waals surface area (Å²) in [5, 5.41) is 4.38. The van der Waals surface area contributed by atoms with Gasteiger partial charge in [-0.05, 0) is 6.92 Å². The Labute approximate surface area is 105 Å². The van der Waals surface area contributed by atoms with E-state index in [2.05, 4.69) is 10.1 Å². The summed E-state index contributed by atoms with van der Waals surface area (Å²) < 4.78 is 6.92. The van der Waals surface area contributed by atoms with Gasteiger partial charge in [0, 0.05) is 31.4 Å². The van der Waals surface area contributed by atoms with Crippen molar-refractivity contribution in [2.45, 2.75) is 20.3 Å². The Kier molecular flexibility index (Phi) is 3.45. The highest BCUT2D eigenvalue weighted by atomic mass is 16.5. The summed E-state index contributed by atoms with van der Waals surface area (Å²) >= 11 is 0. The van der Waals surface area contributed by atoms with Crippen LogP contribution in [0.25, 0.3) is 5.65 Å². The van der Waals surface area contributed by atoms with Crippen LogP contribution in [-0.4, -0.2) is 34.2 Å². The van der Waals surface area contributed by atoms with Crippen LogP contribution in [0.2, 0.25) is 0 Å². The van der Waals surface area contributed by atoms with Crippen LogP contribution in [0, 0.1) is 0 Å². The molecule has 0 saturated carbocycles. The monoisotopic (exact) mass is 248 g/mol. The van der Waals surface area contributed by atoms with Gasteiger partial charge < -0.3 is 4.74 Å². The molecule has 0 unspecified atom stereocenters. The molecule has 2 heterocycles. The van der Waals surface area contributed by atoms with Gasteiger partial charge in [0.15, 0.2) is 17.2 Å². The Morgan fingerprint density at radius 1 is 1.50 bits per heavy atom. The first-order valence-corrected chi connectivity index (χ1v) is 5.90. The fourth-order valence-electron chi connectivity index (χ4n) is 1.80. The van der Waals surface area contributed by atoms with Crippen molar-refractivity contribution in [1.29, 1.82) is 0 Å². The van der Waals surface area contributed by atoms with E-state index in [-0.39, 0.29) is 5.91 Å². The zero-order valence-electron chi connectivity index (χ0n) is 10.8. The number of carbonyl (C=O) groups is 1. The molecule has 6 nitrogen and oxygen atoms in total. The highest BCUT2D eigenvalue weighted by Crippen LogP contribution is 2.26. The molecule has 2 rings (SSSR count). The zero-order chi connectivity index (χ0) is 13.1. The predicted molar refractivity (Wildman–Crippen MR) is 67.9 cm³/mol. The molecule has 2 aromatic rings. The first-order chi connectivity index (χ1) is 8.71. The van der Waals surface area contributed by atoms with E-state index in [1.807, 2.05) is 13.8 Å². The average Bonchev–Trinajstić information content (AvgIpc) is 2.85. The molecular weight excluding hydrogens is 232 g/mol. The maximum atomic E-state index is 11.9. The van der Waals surface area contributed by atoms with Gasteiger partial charge in [-0.2, -0.15) is 0 Å². The first kappa shape index (κ1) is 12.3. The van der Waals surface area contributed by atoms with Gasteiger partial charge in [-0.25, -0.2) is 9.50 Å². The second-order valence-corrected chi connectivity index (χ2v) is 3.76. The lowest BCUT2D eigenvalue weighted by Gasteiger charge is -2.21. The van der Waals surface area contributed by atoms with E-state index in [0.29, 0.717) is 30.2 Å². The van der Waals surface area contributed by atoms with Crippen LogP contribution >= 0.6 is 0 Å². The summed E-state index contributed by atoms with van der Waals surface area (Å²) in [4.78, 5) is 17.6. The molecule has 96 valence electrons. The number of imidazole rings is 1. The summed E-state index contributed by atoms with van der Waals surface area (Å²) in [6.45, 7) is 4.29. The molecule has 0 atom stereocenters. The number of hydrogen-bond acceptors (Lipinski definition) is 4. The van der Waals surface area contributed by atoms with Crippen LogP contribution in [0.1, 0.15) is 20.3 Å². The number of rotatable bonds is 4. The molecule has 1 amide bonds. The molecule has 18 heavy (non-hydrogen) atoms. The minimum Gasteiger partial charge on any atom is -0.493 e. The third-order valence-electron chi connectivity index (χ3n) is 2.73. The van der Waals surface area contributed by atoms with Gasteiger partial charge in [-0.1, -0.05) is 6.92 Å². The van der Waals surface area contributed by atoms with Crippen molar-refractivity contribution < 1.29 is 9.53 Å². The molecule has 0 aromatic carbocycles. The lowest BCUT2D eigenvalue weighted by Crippen LogP contribution is -2.31. The second-order valence-electron chi connectivity index (χ2n) is 3.76. The van der Waals surface area contributed by atoms with E-state index < -0.39 is 0 Å². The van der Waals surface area contributed by atoms with E-state index in [0.717, 1.165) is 0 Å². The molecule has 0 N–H and O–H groups in total. The molecule has 0 radical (unpaired) electrons. The third kappa shape index (κ3) is 2.01. The van der Waals surface area contributed by atoms with Crippen LogP contribution in [0.15, 0.2) is 18.5 Å². The number of anilines is 1. The number of carbonyl (C=O) groups excluding carboxylic acids is 1. The molecule has 0 aliphatic rings. The van der Waals surface area contributed by atoms with Gasteiger partial charge in [0.1, 0.15) is 0 Å². The SMILES string of the molecule is CCC(=O)N(CC)c1nn2ccnc2cc1OC. The van der Waals surface area contributed by atoms with E-state index in [9.17, 15) is 4.79 Å². The Morgan fingerprint density at radius 2 is 2.28 bits per heavy atom. The number of amides is 1. The number of fused-ring (bicyclic) bond motifs is 1. The molecule has 0 aliphatic heterocycles. The molecule has 6 heteroatoms. The quantitative estimate of drug-likeness (QED) is 0.822. The first-order valence-electron chi connectivity index (χ1n) is 5.90. The van der Waals surface area contributed by atoms with E-state index >= 15 is 0 Å². The maximum Gasteiger partial charge on any atom is 0.228 e. The van der Waals surface area contributed by atoms with Crippen molar-refractivity contribution in [2.24, 2.45) is 0 Å². The number of aromatic nitrogens is 3. The van der Waals surface area contributed by atoms with Crippen LogP contribution in [0.5, 0.6) is 5.75 Å². The fourth-order valence-corrected chi connectivity index (χ4v) is 1.80. The molecule has 2 aromatic heterocycles.